The van der Waals surface area contributed by atoms with Crippen LogP contribution in [0.2, 0.25) is 0 Å². The normalized spacial score (nSPS) is 19.8. The number of carbonyl (C=O) groups is 2. The van der Waals surface area contributed by atoms with Crippen LogP contribution in [0.5, 0.6) is 0 Å². The number of likely N-dealkylation sites (tertiary alicyclic amines) is 1. The molecule has 132 valence electrons. The van der Waals surface area contributed by atoms with Crippen molar-refractivity contribution in [3.8, 4) is 0 Å². The van der Waals surface area contributed by atoms with Crippen molar-refractivity contribution in [2.24, 2.45) is 5.73 Å². The maximum Gasteiger partial charge on any atom is 0.257 e. The minimum absolute atomic E-state index is 0.152. The fraction of sp³-hybridized carbons (Fsp3) is 0.389. The highest BCUT2D eigenvalue weighted by Crippen LogP contribution is 2.20. The first-order valence-electron chi connectivity index (χ1n) is 8.49. The Balaban J connectivity index is 1.73. The van der Waals surface area contributed by atoms with Crippen molar-refractivity contribution in [1.82, 2.24) is 20.0 Å². The second-order valence-electron chi connectivity index (χ2n) is 6.28. The first-order valence-corrected chi connectivity index (χ1v) is 8.49. The maximum atomic E-state index is 12.8. The smallest absolute Gasteiger partial charge is 0.257 e. The molecule has 0 radical (unpaired) electrons. The van der Waals surface area contributed by atoms with Gasteiger partial charge in [0.25, 0.3) is 5.91 Å². The number of benzene rings is 1. The third-order valence-corrected chi connectivity index (χ3v) is 4.32. The number of nitrogens with one attached hydrogen (secondary N) is 1. The number of nitrogens with two attached hydrogens (primary N) is 1. The molecular formula is C18H23N5O2. The van der Waals surface area contributed by atoms with E-state index in [0.29, 0.717) is 31.6 Å². The average molecular weight is 341 g/mol. The Morgan fingerprint density at radius 1 is 1.32 bits per heavy atom. The van der Waals surface area contributed by atoms with Gasteiger partial charge in [0.2, 0.25) is 5.91 Å². The van der Waals surface area contributed by atoms with Crippen LogP contribution in [-0.2, 0) is 11.3 Å². The molecule has 1 aromatic carbocycles. The fourth-order valence-electron chi connectivity index (χ4n) is 3.13. The molecule has 0 unspecified atom stereocenters. The number of rotatable bonds is 5. The van der Waals surface area contributed by atoms with E-state index in [1.54, 1.807) is 22.0 Å². The lowest BCUT2D eigenvalue weighted by atomic mass is 10.1. The molecule has 2 heterocycles. The molecule has 0 saturated carbocycles. The van der Waals surface area contributed by atoms with Crippen molar-refractivity contribution in [3.63, 3.8) is 0 Å². The molecule has 1 fully saturated rings. The molecule has 0 spiro atoms. The molecule has 1 aliphatic heterocycles. The van der Waals surface area contributed by atoms with Gasteiger partial charge in [0, 0.05) is 25.3 Å². The van der Waals surface area contributed by atoms with Crippen LogP contribution < -0.4 is 11.1 Å². The van der Waals surface area contributed by atoms with Gasteiger partial charge in [0.1, 0.15) is 6.04 Å². The van der Waals surface area contributed by atoms with Gasteiger partial charge in [0.15, 0.2) is 0 Å². The fourth-order valence-corrected chi connectivity index (χ4v) is 3.13. The summed E-state index contributed by atoms with van der Waals surface area (Å²) in [5.74, 6) is -0.357. The molecule has 0 bridgehead atoms. The van der Waals surface area contributed by atoms with Crippen LogP contribution in [0.25, 0.3) is 0 Å². The van der Waals surface area contributed by atoms with Gasteiger partial charge in [-0.1, -0.05) is 30.3 Å². The highest BCUT2D eigenvalue weighted by Gasteiger charge is 2.38. The Hall–Kier alpha value is -2.67. The van der Waals surface area contributed by atoms with Crippen LogP contribution in [0.1, 0.15) is 29.3 Å². The number of hydrogen-bond donors (Lipinski definition) is 2. The van der Waals surface area contributed by atoms with Gasteiger partial charge >= 0.3 is 0 Å². The Kier molecular flexibility index (Phi) is 5.14. The van der Waals surface area contributed by atoms with Gasteiger partial charge in [0.05, 0.1) is 18.3 Å². The monoisotopic (exact) mass is 341 g/mol. The molecule has 3 rings (SSSR count). The molecule has 1 aromatic heterocycles. The van der Waals surface area contributed by atoms with Gasteiger partial charge in [-0.25, -0.2) is 0 Å². The van der Waals surface area contributed by atoms with E-state index in [1.165, 1.54) is 0 Å². The molecule has 2 amide bonds. The molecule has 7 heteroatoms. The number of carbonyl (C=O) groups excluding carboxylic acids is 2. The predicted molar refractivity (Wildman–Crippen MR) is 93.9 cm³/mol. The van der Waals surface area contributed by atoms with Crippen molar-refractivity contribution in [2.45, 2.75) is 32.0 Å². The largest absolute Gasteiger partial charge is 0.355 e. The molecule has 2 atom stereocenters. The van der Waals surface area contributed by atoms with Crippen molar-refractivity contribution >= 4 is 11.8 Å². The van der Waals surface area contributed by atoms with Crippen molar-refractivity contribution in [3.05, 3.63) is 53.9 Å². The molecule has 2 aromatic rings. The Labute approximate surface area is 146 Å². The average Bonchev–Trinajstić information content (AvgIpc) is 3.22. The third-order valence-electron chi connectivity index (χ3n) is 4.32. The molecule has 3 N–H and O–H groups in total. The van der Waals surface area contributed by atoms with Crippen LogP contribution in [0, 0.1) is 0 Å². The van der Waals surface area contributed by atoms with Gasteiger partial charge in [-0.05, 0) is 18.9 Å². The predicted octanol–water partition coefficient (Wildman–Crippen LogP) is 0.609. The third kappa shape index (κ3) is 3.88. The lowest BCUT2D eigenvalue weighted by molar-refractivity contribution is -0.124. The summed E-state index contributed by atoms with van der Waals surface area (Å²) in [7, 11) is 0. The summed E-state index contributed by atoms with van der Waals surface area (Å²) in [6.07, 6.45) is 3.74. The molecule has 1 saturated heterocycles. The highest BCUT2D eigenvalue weighted by atomic mass is 16.2. The van der Waals surface area contributed by atoms with E-state index in [0.717, 1.165) is 5.56 Å². The first kappa shape index (κ1) is 17.2. The minimum atomic E-state index is -0.514. The quantitative estimate of drug-likeness (QED) is 0.833. The number of aromatic nitrogens is 2. The zero-order valence-corrected chi connectivity index (χ0v) is 14.3. The Morgan fingerprint density at radius 3 is 2.80 bits per heavy atom. The number of likely N-dealkylation sites (N-methyl/N-ethyl adjacent to an activating group) is 1. The summed E-state index contributed by atoms with van der Waals surface area (Å²) in [4.78, 5) is 26.6. The summed E-state index contributed by atoms with van der Waals surface area (Å²) in [6.45, 7) is 3.35. The van der Waals surface area contributed by atoms with E-state index >= 15 is 0 Å². The summed E-state index contributed by atoms with van der Waals surface area (Å²) in [5, 5.41) is 7.04. The van der Waals surface area contributed by atoms with Gasteiger partial charge in [-0.15, -0.1) is 0 Å². The zero-order valence-electron chi connectivity index (χ0n) is 14.3. The van der Waals surface area contributed by atoms with Crippen molar-refractivity contribution < 1.29 is 9.59 Å². The lowest BCUT2D eigenvalue weighted by Crippen LogP contribution is -2.45. The van der Waals surface area contributed by atoms with Gasteiger partial charge in [-0.3, -0.25) is 14.3 Å². The van der Waals surface area contributed by atoms with Crippen LogP contribution >= 0.6 is 0 Å². The number of amides is 2. The van der Waals surface area contributed by atoms with Gasteiger partial charge < -0.3 is 16.0 Å². The lowest BCUT2D eigenvalue weighted by Gasteiger charge is -2.23. The molecule has 0 aliphatic carbocycles. The van der Waals surface area contributed by atoms with Gasteiger partial charge in [-0.2, -0.15) is 5.10 Å². The van der Waals surface area contributed by atoms with E-state index < -0.39 is 6.04 Å². The van der Waals surface area contributed by atoms with Crippen molar-refractivity contribution in [1.29, 1.82) is 0 Å². The van der Waals surface area contributed by atoms with Crippen LogP contribution in [0.3, 0.4) is 0 Å². The maximum absolute atomic E-state index is 12.8. The van der Waals surface area contributed by atoms with Crippen molar-refractivity contribution in [2.75, 3.05) is 13.1 Å². The summed E-state index contributed by atoms with van der Waals surface area (Å²) in [6, 6.07) is 9.21. The first-order chi connectivity index (χ1) is 12.1. The standard InChI is InChI=1S/C18H23N5O2/c1-2-20-17(24)16-8-15(19)12-23(16)18(25)14-9-21-22(11-14)10-13-6-4-3-5-7-13/h3-7,9,11,15-16H,2,8,10,12,19H2,1H3,(H,20,24)/t15-,16+/m1/s1. The van der Waals surface area contributed by atoms with E-state index in [9.17, 15) is 9.59 Å². The highest BCUT2D eigenvalue weighted by molar-refractivity contribution is 5.97. The zero-order chi connectivity index (χ0) is 17.8. The van der Waals surface area contributed by atoms with Crippen LogP contribution in [-0.4, -0.2) is 51.7 Å². The molecule has 25 heavy (non-hydrogen) atoms. The minimum Gasteiger partial charge on any atom is -0.355 e. The van der Waals surface area contributed by atoms with E-state index in [4.69, 9.17) is 5.73 Å². The number of nitrogens with zero attached hydrogens (tertiary/aromatic N) is 3. The van der Waals surface area contributed by atoms with E-state index in [1.807, 2.05) is 37.3 Å². The summed E-state index contributed by atoms with van der Waals surface area (Å²) < 4.78 is 1.72. The Bertz CT molecular complexity index is 743. The summed E-state index contributed by atoms with van der Waals surface area (Å²) in [5.41, 5.74) is 7.55. The Morgan fingerprint density at radius 2 is 2.08 bits per heavy atom. The number of hydrogen-bond acceptors (Lipinski definition) is 4. The second-order valence-corrected chi connectivity index (χ2v) is 6.28. The van der Waals surface area contributed by atoms with E-state index in [-0.39, 0.29) is 17.9 Å². The summed E-state index contributed by atoms with van der Waals surface area (Å²) >= 11 is 0. The van der Waals surface area contributed by atoms with Crippen LogP contribution in [0.15, 0.2) is 42.7 Å². The molecule has 7 nitrogen and oxygen atoms in total. The van der Waals surface area contributed by atoms with Crippen LogP contribution in [0.4, 0.5) is 0 Å². The SMILES string of the molecule is CCNC(=O)[C@@H]1C[C@@H](N)CN1C(=O)c1cnn(Cc2ccccc2)c1. The molecular weight excluding hydrogens is 318 g/mol. The second kappa shape index (κ2) is 7.48. The van der Waals surface area contributed by atoms with E-state index in [2.05, 4.69) is 10.4 Å². The topological polar surface area (TPSA) is 93.2 Å². The molecule has 1 aliphatic rings.